The van der Waals surface area contributed by atoms with E-state index in [-0.39, 0.29) is 16.8 Å². The quantitative estimate of drug-likeness (QED) is 0.539. The van der Waals surface area contributed by atoms with Crippen LogP contribution in [0.15, 0.2) is 52.9 Å². The summed E-state index contributed by atoms with van der Waals surface area (Å²) in [6.45, 7) is 0. The number of nitrogen functional groups attached to an aromatic ring is 1. The highest BCUT2D eigenvalue weighted by molar-refractivity contribution is 6.16. The van der Waals surface area contributed by atoms with Gasteiger partial charge in [0.2, 0.25) is 0 Å². The van der Waals surface area contributed by atoms with E-state index in [4.69, 9.17) is 14.9 Å². The molecular formula is C21H13N3O2. The Hall–Kier alpha value is -3.96. The summed E-state index contributed by atoms with van der Waals surface area (Å²) in [5.74, 6) is 0.643. The topological polar surface area (TPSA) is 96.0 Å². The average Bonchev–Trinajstić information content (AvgIpc) is 3.05. The van der Waals surface area contributed by atoms with Gasteiger partial charge in [0.25, 0.3) is 0 Å². The predicted octanol–water partition coefficient (Wildman–Crippen LogP) is 4.59. The maximum absolute atomic E-state index is 9.70. The molecule has 26 heavy (non-hydrogen) atoms. The van der Waals surface area contributed by atoms with Crippen LogP contribution in [0.1, 0.15) is 11.1 Å². The molecule has 0 aliphatic carbocycles. The molecule has 0 bridgehead atoms. The molecule has 1 aromatic heterocycles. The summed E-state index contributed by atoms with van der Waals surface area (Å²) in [5.41, 5.74) is 9.30. The third-order valence-corrected chi connectivity index (χ3v) is 4.45. The summed E-state index contributed by atoms with van der Waals surface area (Å²) < 4.78 is 11.3. The summed E-state index contributed by atoms with van der Waals surface area (Å²) in [6.07, 6.45) is 0. The molecular weight excluding hydrogens is 326 g/mol. The molecule has 0 aliphatic heterocycles. The lowest BCUT2D eigenvalue weighted by Gasteiger charge is -2.10. The van der Waals surface area contributed by atoms with Gasteiger partial charge in [-0.1, -0.05) is 30.3 Å². The van der Waals surface area contributed by atoms with Crippen LogP contribution in [0, 0.1) is 22.7 Å². The second-order valence-electron chi connectivity index (χ2n) is 5.80. The highest BCUT2D eigenvalue weighted by Gasteiger charge is 2.24. The molecule has 0 atom stereocenters. The summed E-state index contributed by atoms with van der Waals surface area (Å²) in [7, 11) is 1.58. The number of methoxy groups -OCH3 is 1. The van der Waals surface area contributed by atoms with Gasteiger partial charge in [0, 0.05) is 22.4 Å². The molecule has 5 heteroatoms. The number of ether oxygens (including phenoxy) is 1. The molecule has 5 nitrogen and oxygen atoms in total. The van der Waals surface area contributed by atoms with Gasteiger partial charge in [0.1, 0.15) is 29.1 Å². The van der Waals surface area contributed by atoms with E-state index in [9.17, 15) is 10.5 Å². The Morgan fingerprint density at radius 2 is 1.73 bits per heavy atom. The van der Waals surface area contributed by atoms with E-state index in [2.05, 4.69) is 12.1 Å². The number of furan rings is 1. The molecule has 2 N–H and O–H groups in total. The molecule has 1 heterocycles. The zero-order valence-corrected chi connectivity index (χ0v) is 13.9. The van der Waals surface area contributed by atoms with Crippen LogP contribution in [0.2, 0.25) is 0 Å². The van der Waals surface area contributed by atoms with Gasteiger partial charge in [0.15, 0.2) is 0 Å². The Kier molecular flexibility index (Phi) is 3.49. The molecule has 0 saturated carbocycles. The molecule has 0 fully saturated rings. The molecule has 0 spiro atoms. The van der Waals surface area contributed by atoms with E-state index >= 15 is 0 Å². The zero-order chi connectivity index (χ0) is 18.3. The molecule has 4 aromatic rings. The van der Waals surface area contributed by atoms with Crippen molar-refractivity contribution in [1.29, 1.82) is 10.5 Å². The fourth-order valence-electron chi connectivity index (χ4n) is 3.25. The lowest BCUT2D eigenvalue weighted by molar-refractivity contribution is 0.414. The Labute approximate surface area is 149 Å². The third-order valence-electron chi connectivity index (χ3n) is 4.45. The van der Waals surface area contributed by atoms with Crippen molar-refractivity contribution in [2.45, 2.75) is 0 Å². The van der Waals surface area contributed by atoms with Crippen molar-refractivity contribution in [1.82, 2.24) is 0 Å². The van der Waals surface area contributed by atoms with Crippen molar-refractivity contribution in [2.24, 2.45) is 0 Å². The van der Waals surface area contributed by atoms with Crippen molar-refractivity contribution in [3.05, 3.63) is 59.7 Å². The van der Waals surface area contributed by atoms with Crippen molar-refractivity contribution < 1.29 is 9.15 Å². The first-order valence-electron chi connectivity index (χ1n) is 7.91. The standard InChI is InChI=1S/C21H13N3O2/c1-25-13-7-8-14-17(9-13)26-21-18(12-5-3-2-4-6-12)15(10-22)20(24)16(11-23)19(14)21/h2-9H,24H2,1H3. The average molecular weight is 339 g/mol. The largest absolute Gasteiger partial charge is 0.497 e. The van der Waals surface area contributed by atoms with Gasteiger partial charge < -0.3 is 14.9 Å². The van der Waals surface area contributed by atoms with E-state index in [0.717, 1.165) is 10.9 Å². The number of benzene rings is 3. The van der Waals surface area contributed by atoms with Crippen LogP contribution in [0.5, 0.6) is 5.75 Å². The number of nitriles is 2. The van der Waals surface area contributed by atoms with Gasteiger partial charge in [-0.3, -0.25) is 0 Å². The number of fused-ring (bicyclic) bond motifs is 3. The molecule has 124 valence electrons. The SMILES string of the molecule is COc1ccc2c(c1)oc1c(-c3ccccc3)c(C#N)c(N)c(C#N)c12. The van der Waals surface area contributed by atoms with Gasteiger partial charge in [-0.05, 0) is 17.7 Å². The number of anilines is 1. The highest BCUT2D eigenvalue weighted by atomic mass is 16.5. The van der Waals surface area contributed by atoms with Crippen LogP contribution in [0.4, 0.5) is 5.69 Å². The third kappa shape index (κ3) is 2.08. The Morgan fingerprint density at radius 3 is 2.38 bits per heavy atom. The number of nitrogens with two attached hydrogens (primary N) is 1. The maximum Gasteiger partial charge on any atom is 0.146 e. The molecule has 0 radical (unpaired) electrons. The minimum atomic E-state index is 0.167. The van der Waals surface area contributed by atoms with Crippen molar-refractivity contribution in [2.75, 3.05) is 12.8 Å². The Balaban J connectivity index is 2.27. The second kappa shape index (κ2) is 5.84. The van der Waals surface area contributed by atoms with Crippen LogP contribution < -0.4 is 10.5 Å². The number of rotatable bonds is 2. The second-order valence-corrected chi connectivity index (χ2v) is 5.80. The summed E-state index contributed by atoms with van der Waals surface area (Å²) in [6, 6.07) is 19.1. The lowest BCUT2D eigenvalue weighted by Crippen LogP contribution is -1.99. The molecule has 0 aliphatic rings. The highest BCUT2D eigenvalue weighted by Crippen LogP contribution is 2.43. The fourth-order valence-corrected chi connectivity index (χ4v) is 3.25. The van der Waals surface area contributed by atoms with Crippen LogP contribution in [-0.4, -0.2) is 7.11 Å². The first-order chi connectivity index (χ1) is 12.7. The van der Waals surface area contributed by atoms with Crippen LogP contribution >= 0.6 is 0 Å². The van der Waals surface area contributed by atoms with E-state index in [1.165, 1.54) is 0 Å². The fraction of sp³-hybridized carbons (Fsp3) is 0.0476. The van der Waals surface area contributed by atoms with Gasteiger partial charge in [-0.15, -0.1) is 0 Å². The molecule has 4 rings (SSSR count). The Morgan fingerprint density at radius 1 is 1.00 bits per heavy atom. The molecule has 0 amide bonds. The molecule has 3 aromatic carbocycles. The first kappa shape index (κ1) is 15.6. The van der Waals surface area contributed by atoms with E-state index in [1.54, 1.807) is 19.2 Å². The van der Waals surface area contributed by atoms with Crippen molar-refractivity contribution >= 4 is 27.6 Å². The summed E-state index contributed by atoms with van der Waals surface area (Å²) >= 11 is 0. The summed E-state index contributed by atoms with van der Waals surface area (Å²) in [5, 5.41) is 20.7. The van der Waals surface area contributed by atoms with Gasteiger partial charge in [-0.2, -0.15) is 10.5 Å². The van der Waals surface area contributed by atoms with Crippen LogP contribution in [-0.2, 0) is 0 Å². The van der Waals surface area contributed by atoms with Crippen LogP contribution in [0.25, 0.3) is 33.1 Å². The smallest absolute Gasteiger partial charge is 0.146 e. The van der Waals surface area contributed by atoms with Crippen molar-refractivity contribution in [3.8, 4) is 29.0 Å². The molecule has 0 unspecified atom stereocenters. The zero-order valence-electron chi connectivity index (χ0n) is 13.9. The van der Waals surface area contributed by atoms with E-state index < -0.39 is 0 Å². The summed E-state index contributed by atoms with van der Waals surface area (Å²) in [4.78, 5) is 0. The lowest BCUT2D eigenvalue weighted by atomic mass is 9.92. The Bertz CT molecular complexity index is 1240. The first-order valence-corrected chi connectivity index (χ1v) is 7.91. The number of hydrogen-bond donors (Lipinski definition) is 1. The van der Waals surface area contributed by atoms with Gasteiger partial charge in [0.05, 0.1) is 23.9 Å². The molecule has 0 saturated heterocycles. The maximum atomic E-state index is 9.70. The normalized spacial score (nSPS) is 10.6. The number of nitrogens with zero attached hydrogens (tertiary/aromatic N) is 2. The predicted molar refractivity (Wildman–Crippen MR) is 99.6 cm³/mol. The minimum Gasteiger partial charge on any atom is -0.497 e. The van der Waals surface area contributed by atoms with E-state index in [0.29, 0.717) is 27.9 Å². The van der Waals surface area contributed by atoms with Gasteiger partial charge >= 0.3 is 0 Å². The van der Waals surface area contributed by atoms with E-state index in [1.807, 2.05) is 36.4 Å². The van der Waals surface area contributed by atoms with Crippen LogP contribution in [0.3, 0.4) is 0 Å². The monoisotopic (exact) mass is 339 g/mol. The van der Waals surface area contributed by atoms with Gasteiger partial charge in [-0.25, -0.2) is 0 Å². The van der Waals surface area contributed by atoms with Crippen molar-refractivity contribution in [3.63, 3.8) is 0 Å². The minimum absolute atomic E-state index is 0.167. The number of hydrogen-bond acceptors (Lipinski definition) is 5.